The molecule has 0 bridgehead atoms. The Morgan fingerprint density at radius 1 is 1.06 bits per heavy atom. The van der Waals surface area contributed by atoms with Gasteiger partial charge in [-0.05, 0) is 49.6 Å². The quantitative estimate of drug-likeness (QED) is 0.437. The zero-order valence-corrected chi connectivity index (χ0v) is 19.7. The Hall–Kier alpha value is -2.36. The molecule has 0 unspecified atom stereocenters. The van der Waals surface area contributed by atoms with Gasteiger partial charge in [-0.1, -0.05) is 30.7 Å². The lowest BCUT2D eigenvalue weighted by Crippen LogP contribution is -2.35. The molecule has 2 aromatic carbocycles. The number of hydrogen-bond donors (Lipinski definition) is 1. The number of anilines is 1. The van der Waals surface area contributed by atoms with Crippen molar-refractivity contribution in [2.75, 3.05) is 30.8 Å². The minimum Gasteiger partial charge on any atom is -0.456 e. The fourth-order valence-electron chi connectivity index (χ4n) is 3.32. The normalized spacial score (nSPS) is 14.7. The number of sulfonamides is 1. The molecule has 32 heavy (non-hydrogen) atoms. The maximum Gasteiger partial charge on any atom is 0.307 e. The Morgan fingerprint density at radius 3 is 2.50 bits per heavy atom. The van der Waals surface area contributed by atoms with Crippen molar-refractivity contribution in [2.45, 2.75) is 42.4 Å². The molecule has 7 nitrogen and oxygen atoms in total. The van der Waals surface area contributed by atoms with Crippen LogP contribution in [-0.2, 0) is 24.3 Å². The van der Waals surface area contributed by atoms with Crippen LogP contribution in [0.2, 0.25) is 0 Å². The average molecular weight is 477 g/mol. The molecule has 1 saturated heterocycles. The third-order valence-electron chi connectivity index (χ3n) is 5.12. The summed E-state index contributed by atoms with van der Waals surface area (Å²) in [6.45, 7) is 2.38. The van der Waals surface area contributed by atoms with Gasteiger partial charge in [0.15, 0.2) is 6.61 Å². The predicted octanol–water partition coefficient (Wildman–Crippen LogP) is 3.83. The van der Waals surface area contributed by atoms with Crippen molar-refractivity contribution in [1.82, 2.24) is 4.31 Å². The van der Waals surface area contributed by atoms with Crippen LogP contribution in [0.5, 0.6) is 0 Å². The second-order valence-electron chi connectivity index (χ2n) is 7.56. The lowest BCUT2D eigenvalue weighted by molar-refractivity contribution is -0.146. The second-order valence-corrected chi connectivity index (χ2v) is 10.7. The number of carbonyl (C=O) groups excluding carboxylic acids is 2. The summed E-state index contributed by atoms with van der Waals surface area (Å²) in [6.07, 6.45) is 2.92. The second kappa shape index (κ2) is 11.5. The molecule has 0 aliphatic carbocycles. The van der Waals surface area contributed by atoms with Crippen LogP contribution in [0.4, 0.5) is 5.69 Å². The van der Waals surface area contributed by atoms with Gasteiger partial charge in [-0.3, -0.25) is 9.59 Å². The first-order chi connectivity index (χ1) is 15.4. The molecule has 0 aromatic heterocycles. The number of ether oxygens (including phenoxy) is 1. The molecule has 2 aromatic rings. The van der Waals surface area contributed by atoms with Crippen molar-refractivity contribution in [1.29, 1.82) is 0 Å². The first-order valence-electron chi connectivity index (χ1n) is 10.6. The SMILES string of the molecule is Cc1ccc(S(=O)(=O)N2CCCCC2)cc1NC(=O)COC(=O)CCSc1ccccc1. The highest BCUT2D eigenvalue weighted by Crippen LogP contribution is 2.25. The van der Waals surface area contributed by atoms with E-state index in [1.807, 2.05) is 30.3 Å². The number of nitrogens with zero attached hydrogens (tertiary/aromatic N) is 1. The minimum atomic E-state index is -3.60. The van der Waals surface area contributed by atoms with E-state index in [2.05, 4.69) is 5.32 Å². The van der Waals surface area contributed by atoms with Crippen LogP contribution in [0.15, 0.2) is 58.3 Å². The van der Waals surface area contributed by atoms with Gasteiger partial charge in [0.1, 0.15) is 0 Å². The maximum absolute atomic E-state index is 12.9. The first-order valence-corrected chi connectivity index (χ1v) is 13.0. The van der Waals surface area contributed by atoms with E-state index in [-0.39, 0.29) is 11.3 Å². The molecule has 0 spiro atoms. The predicted molar refractivity (Wildman–Crippen MR) is 125 cm³/mol. The number of amides is 1. The average Bonchev–Trinajstić information content (AvgIpc) is 2.80. The fourth-order valence-corrected chi connectivity index (χ4v) is 5.72. The molecule has 0 saturated carbocycles. The zero-order valence-electron chi connectivity index (χ0n) is 18.1. The van der Waals surface area contributed by atoms with E-state index in [9.17, 15) is 18.0 Å². The van der Waals surface area contributed by atoms with E-state index in [0.29, 0.717) is 24.5 Å². The number of hydrogen-bond acceptors (Lipinski definition) is 6. The minimum absolute atomic E-state index is 0.148. The summed E-state index contributed by atoms with van der Waals surface area (Å²) in [5.74, 6) is -0.411. The number of thioether (sulfide) groups is 1. The van der Waals surface area contributed by atoms with Crippen LogP contribution in [0.1, 0.15) is 31.2 Å². The third kappa shape index (κ3) is 6.82. The molecule has 1 amide bonds. The van der Waals surface area contributed by atoms with Crippen molar-refractivity contribution in [3.63, 3.8) is 0 Å². The number of carbonyl (C=O) groups is 2. The van der Waals surface area contributed by atoms with Crippen molar-refractivity contribution in [3.8, 4) is 0 Å². The van der Waals surface area contributed by atoms with Gasteiger partial charge < -0.3 is 10.1 Å². The molecule has 1 aliphatic heterocycles. The Bertz CT molecular complexity index is 1040. The highest BCUT2D eigenvalue weighted by molar-refractivity contribution is 7.99. The van der Waals surface area contributed by atoms with Gasteiger partial charge in [0, 0.05) is 29.4 Å². The Balaban J connectivity index is 1.51. The van der Waals surface area contributed by atoms with Gasteiger partial charge in [0.05, 0.1) is 11.3 Å². The molecular formula is C23H28N2O5S2. The molecular weight excluding hydrogens is 448 g/mol. The van der Waals surface area contributed by atoms with Crippen LogP contribution in [0, 0.1) is 6.92 Å². The largest absolute Gasteiger partial charge is 0.456 e. The highest BCUT2D eigenvalue weighted by atomic mass is 32.2. The van der Waals surface area contributed by atoms with Crippen LogP contribution < -0.4 is 5.32 Å². The number of benzene rings is 2. The molecule has 9 heteroatoms. The fraction of sp³-hybridized carbons (Fsp3) is 0.391. The lowest BCUT2D eigenvalue weighted by atomic mass is 10.2. The summed E-state index contributed by atoms with van der Waals surface area (Å²) in [5.41, 5.74) is 1.12. The molecule has 0 atom stereocenters. The maximum atomic E-state index is 12.9. The Kier molecular flexibility index (Phi) is 8.72. The van der Waals surface area contributed by atoms with E-state index in [1.54, 1.807) is 30.8 Å². The number of esters is 1. The van der Waals surface area contributed by atoms with Gasteiger partial charge >= 0.3 is 5.97 Å². The van der Waals surface area contributed by atoms with E-state index in [1.165, 1.54) is 10.4 Å². The number of nitrogens with one attached hydrogen (secondary N) is 1. The van der Waals surface area contributed by atoms with Crippen molar-refractivity contribution in [2.24, 2.45) is 0 Å². The smallest absolute Gasteiger partial charge is 0.307 e. The lowest BCUT2D eigenvalue weighted by Gasteiger charge is -2.26. The topological polar surface area (TPSA) is 92.8 Å². The van der Waals surface area contributed by atoms with Crippen LogP contribution in [0.25, 0.3) is 0 Å². The summed E-state index contributed by atoms with van der Waals surface area (Å²) in [7, 11) is -3.60. The van der Waals surface area contributed by atoms with Gasteiger partial charge in [-0.25, -0.2) is 8.42 Å². The molecule has 1 fully saturated rings. The number of piperidine rings is 1. The summed E-state index contributed by atoms with van der Waals surface area (Å²) >= 11 is 1.54. The summed E-state index contributed by atoms with van der Waals surface area (Å²) in [5, 5.41) is 2.66. The van der Waals surface area contributed by atoms with E-state index < -0.39 is 28.5 Å². The molecule has 3 rings (SSSR count). The Labute approximate surface area is 193 Å². The van der Waals surface area contributed by atoms with Crippen molar-refractivity contribution >= 4 is 39.3 Å². The number of aryl methyl sites for hydroxylation is 1. The molecule has 172 valence electrons. The van der Waals surface area contributed by atoms with Crippen LogP contribution in [0.3, 0.4) is 0 Å². The van der Waals surface area contributed by atoms with E-state index in [0.717, 1.165) is 29.7 Å². The van der Waals surface area contributed by atoms with Crippen LogP contribution in [-0.4, -0.2) is 50.0 Å². The zero-order chi connectivity index (χ0) is 23.0. The van der Waals surface area contributed by atoms with Crippen molar-refractivity contribution in [3.05, 3.63) is 54.1 Å². The Morgan fingerprint density at radius 2 is 1.78 bits per heavy atom. The van der Waals surface area contributed by atoms with Crippen molar-refractivity contribution < 1.29 is 22.7 Å². The first kappa shape index (κ1) is 24.3. The standard InChI is InChI=1S/C23H28N2O5S2/c1-18-10-11-20(32(28,29)25-13-6-3-7-14-25)16-21(18)24-22(26)17-30-23(27)12-15-31-19-8-4-2-5-9-19/h2,4-5,8-11,16H,3,6-7,12-15,17H2,1H3,(H,24,26). The number of rotatable bonds is 9. The van der Waals surface area contributed by atoms with Gasteiger partial charge in [-0.2, -0.15) is 4.31 Å². The van der Waals surface area contributed by atoms with Gasteiger partial charge in [0.2, 0.25) is 10.0 Å². The monoisotopic (exact) mass is 476 g/mol. The van der Waals surface area contributed by atoms with E-state index in [4.69, 9.17) is 4.74 Å². The molecule has 1 heterocycles. The van der Waals surface area contributed by atoms with Crippen LogP contribution >= 0.6 is 11.8 Å². The van der Waals surface area contributed by atoms with E-state index >= 15 is 0 Å². The van der Waals surface area contributed by atoms with Gasteiger partial charge in [0.25, 0.3) is 5.91 Å². The molecule has 0 radical (unpaired) electrons. The van der Waals surface area contributed by atoms with Gasteiger partial charge in [-0.15, -0.1) is 11.8 Å². The summed E-state index contributed by atoms with van der Waals surface area (Å²) in [4.78, 5) is 25.4. The highest BCUT2D eigenvalue weighted by Gasteiger charge is 2.26. The summed E-state index contributed by atoms with van der Waals surface area (Å²) in [6, 6.07) is 14.4. The molecule has 1 N–H and O–H groups in total. The third-order valence-corrected chi connectivity index (χ3v) is 8.03. The summed E-state index contributed by atoms with van der Waals surface area (Å²) < 4.78 is 32.3. The molecule has 1 aliphatic rings.